The van der Waals surface area contributed by atoms with Gasteiger partial charge in [0.05, 0.1) is 6.10 Å². The van der Waals surface area contributed by atoms with Gasteiger partial charge in [-0.3, -0.25) is 0 Å². The molecule has 2 saturated heterocycles. The maximum atomic E-state index is 5.85. The van der Waals surface area contributed by atoms with Gasteiger partial charge in [-0.25, -0.2) is 0 Å². The third-order valence-electron chi connectivity index (χ3n) is 4.26. The second kappa shape index (κ2) is 5.03. The second-order valence-electron chi connectivity index (χ2n) is 5.62. The molecule has 3 aliphatic rings. The van der Waals surface area contributed by atoms with Crippen LogP contribution < -0.4 is 10.6 Å². The summed E-state index contributed by atoms with van der Waals surface area (Å²) >= 11 is 0. The average molecular weight is 224 g/mol. The third kappa shape index (κ3) is 2.58. The summed E-state index contributed by atoms with van der Waals surface area (Å²) in [6, 6.07) is 1.34. The van der Waals surface area contributed by atoms with Crippen LogP contribution in [-0.4, -0.2) is 37.9 Å². The van der Waals surface area contributed by atoms with Crippen molar-refractivity contribution in [3.63, 3.8) is 0 Å². The molecule has 1 aliphatic carbocycles. The first-order valence-corrected chi connectivity index (χ1v) is 7.02. The molecule has 3 rings (SSSR count). The topological polar surface area (TPSA) is 33.3 Å². The van der Waals surface area contributed by atoms with Gasteiger partial charge in [-0.05, 0) is 44.6 Å². The molecule has 92 valence electrons. The van der Waals surface area contributed by atoms with E-state index in [1.165, 1.54) is 45.1 Å². The zero-order valence-corrected chi connectivity index (χ0v) is 10.1. The molecule has 2 aliphatic heterocycles. The average Bonchev–Trinajstić information content (AvgIpc) is 3.07. The zero-order chi connectivity index (χ0) is 10.8. The van der Waals surface area contributed by atoms with Crippen LogP contribution in [0.1, 0.15) is 38.5 Å². The van der Waals surface area contributed by atoms with E-state index in [0.717, 1.165) is 19.1 Å². The molecular weight excluding hydrogens is 200 g/mol. The Hall–Kier alpha value is -0.120. The lowest BCUT2D eigenvalue weighted by atomic mass is 10.0. The molecule has 3 unspecified atom stereocenters. The number of nitrogens with one attached hydrogen (secondary N) is 2. The van der Waals surface area contributed by atoms with Crippen molar-refractivity contribution >= 4 is 0 Å². The van der Waals surface area contributed by atoms with Gasteiger partial charge in [0.1, 0.15) is 0 Å². The van der Waals surface area contributed by atoms with Gasteiger partial charge in [0.15, 0.2) is 0 Å². The lowest BCUT2D eigenvalue weighted by molar-refractivity contribution is 0.0805. The summed E-state index contributed by atoms with van der Waals surface area (Å²) in [5.41, 5.74) is 0. The standard InChI is InChI=1S/C13H24N2O/c1-2-7-14-11(3-1)9-15-12-6-8-16-13(12)10-4-5-10/h10-15H,1-9H2. The Morgan fingerprint density at radius 3 is 2.81 bits per heavy atom. The number of rotatable bonds is 4. The summed E-state index contributed by atoms with van der Waals surface area (Å²) in [6.45, 7) is 3.31. The molecule has 3 heteroatoms. The lowest BCUT2D eigenvalue weighted by Gasteiger charge is -2.27. The maximum absolute atomic E-state index is 5.85. The van der Waals surface area contributed by atoms with E-state index in [2.05, 4.69) is 10.6 Å². The van der Waals surface area contributed by atoms with Gasteiger partial charge in [-0.2, -0.15) is 0 Å². The summed E-state index contributed by atoms with van der Waals surface area (Å²) in [4.78, 5) is 0. The first kappa shape index (κ1) is 11.0. The minimum Gasteiger partial charge on any atom is -0.376 e. The molecule has 1 saturated carbocycles. The Kier molecular flexibility index (Phi) is 3.46. The highest BCUT2D eigenvalue weighted by Gasteiger charge is 2.40. The molecule has 0 aromatic heterocycles. The molecule has 2 N–H and O–H groups in total. The Morgan fingerprint density at radius 1 is 1.12 bits per heavy atom. The van der Waals surface area contributed by atoms with Gasteiger partial charge in [0.25, 0.3) is 0 Å². The third-order valence-corrected chi connectivity index (χ3v) is 4.26. The van der Waals surface area contributed by atoms with Crippen molar-refractivity contribution in [2.24, 2.45) is 5.92 Å². The minimum atomic E-state index is 0.531. The Morgan fingerprint density at radius 2 is 2.06 bits per heavy atom. The van der Waals surface area contributed by atoms with E-state index >= 15 is 0 Å². The van der Waals surface area contributed by atoms with Crippen molar-refractivity contribution in [3.05, 3.63) is 0 Å². The maximum Gasteiger partial charge on any atom is 0.0756 e. The van der Waals surface area contributed by atoms with Crippen LogP contribution in [0, 0.1) is 5.92 Å². The van der Waals surface area contributed by atoms with Gasteiger partial charge in [-0.1, -0.05) is 6.42 Å². The van der Waals surface area contributed by atoms with Crippen LogP contribution in [0.15, 0.2) is 0 Å². The Labute approximate surface area is 98.3 Å². The van der Waals surface area contributed by atoms with E-state index in [4.69, 9.17) is 4.74 Å². The Balaban J connectivity index is 1.42. The van der Waals surface area contributed by atoms with Gasteiger partial charge in [0, 0.05) is 25.2 Å². The highest BCUT2D eigenvalue weighted by atomic mass is 16.5. The second-order valence-corrected chi connectivity index (χ2v) is 5.62. The van der Waals surface area contributed by atoms with Crippen molar-refractivity contribution in [2.45, 2.75) is 56.7 Å². The minimum absolute atomic E-state index is 0.531. The zero-order valence-electron chi connectivity index (χ0n) is 10.1. The molecule has 0 radical (unpaired) electrons. The molecule has 3 nitrogen and oxygen atoms in total. The van der Waals surface area contributed by atoms with Crippen LogP contribution >= 0.6 is 0 Å². The van der Waals surface area contributed by atoms with E-state index in [-0.39, 0.29) is 0 Å². The van der Waals surface area contributed by atoms with E-state index in [0.29, 0.717) is 18.2 Å². The summed E-state index contributed by atoms with van der Waals surface area (Å²) < 4.78 is 5.85. The van der Waals surface area contributed by atoms with Crippen LogP contribution in [0.25, 0.3) is 0 Å². The molecule has 16 heavy (non-hydrogen) atoms. The normalized spacial score (nSPS) is 40.1. The van der Waals surface area contributed by atoms with E-state index in [1.807, 2.05) is 0 Å². The predicted octanol–water partition coefficient (Wildman–Crippen LogP) is 1.29. The summed E-state index contributed by atoms with van der Waals surface area (Å²) in [5.74, 6) is 0.874. The molecule has 0 aromatic rings. The summed E-state index contributed by atoms with van der Waals surface area (Å²) in [5, 5.41) is 7.33. The van der Waals surface area contributed by atoms with Gasteiger partial charge >= 0.3 is 0 Å². The number of hydrogen-bond acceptors (Lipinski definition) is 3. The first-order valence-electron chi connectivity index (χ1n) is 7.02. The smallest absolute Gasteiger partial charge is 0.0756 e. The van der Waals surface area contributed by atoms with Crippen molar-refractivity contribution in [3.8, 4) is 0 Å². The predicted molar refractivity (Wildman–Crippen MR) is 64.5 cm³/mol. The monoisotopic (exact) mass is 224 g/mol. The molecule has 3 atom stereocenters. The fourth-order valence-corrected chi connectivity index (χ4v) is 3.11. The largest absolute Gasteiger partial charge is 0.376 e. The molecular formula is C13H24N2O. The van der Waals surface area contributed by atoms with Crippen molar-refractivity contribution in [1.82, 2.24) is 10.6 Å². The molecule has 2 heterocycles. The highest BCUT2D eigenvalue weighted by Crippen LogP contribution is 2.38. The van der Waals surface area contributed by atoms with Gasteiger partial charge in [0.2, 0.25) is 0 Å². The molecule has 0 bridgehead atoms. The van der Waals surface area contributed by atoms with Crippen LogP contribution in [0.5, 0.6) is 0 Å². The fraction of sp³-hybridized carbons (Fsp3) is 1.00. The molecule has 0 aromatic carbocycles. The first-order chi connectivity index (χ1) is 7.93. The van der Waals surface area contributed by atoms with Crippen molar-refractivity contribution in [2.75, 3.05) is 19.7 Å². The lowest BCUT2D eigenvalue weighted by Crippen LogP contribution is -2.47. The van der Waals surface area contributed by atoms with Crippen LogP contribution in [0.4, 0.5) is 0 Å². The molecule has 3 fully saturated rings. The van der Waals surface area contributed by atoms with E-state index < -0.39 is 0 Å². The highest BCUT2D eigenvalue weighted by molar-refractivity contribution is 4.94. The van der Waals surface area contributed by atoms with Gasteiger partial charge < -0.3 is 15.4 Å². The quantitative estimate of drug-likeness (QED) is 0.755. The Bertz CT molecular complexity index is 224. The van der Waals surface area contributed by atoms with E-state index in [9.17, 15) is 0 Å². The van der Waals surface area contributed by atoms with Crippen molar-refractivity contribution < 1.29 is 4.74 Å². The number of piperidine rings is 1. The fourth-order valence-electron chi connectivity index (χ4n) is 3.11. The van der Waals surface area contributed by atoms with Crippen LogP contribution in [-0.2, 0) is 4.74 Å². The van der Waals surface area contributed by atoms with Gasteiger partial charge in [-0.15, -0.1) is 0 Å². The number of hydrogen-bond donors (Lipinski definition) is 2. The summed E-state index contributed by atoms with van der Waals surface area (Å²) in [7, 11) is 0. The van der Waals surface area contributed by atoms with Crippen LogP contribution in [0.2, 0.25) is 0 Å². The molecule has 0 spiro atoms. The molecule has 0 amide bonds. The number of ether oxygens (including phenoxy) is 1. The van der Waals surface area contributed by atoms with E-state index in [1.54, 1.807) is 0 Å². The van der Waals surface area contributed by atoms with Crippen LogP contribution in [0.3, 0.4) is 0 Å². The summed E-state index contributed by atoms with van der Waals surface area (Å²) in [6.07, 6.45) is 8.63. The SMILES string of the molecule is C1CCC(CNC2CCOC2C2CC2)NC1. The van der Waals surface area contributed by atoms with Crippen molar-refractivity contribution in [1.29, 1.82) is 0 Å².